The average Bonchev–Trinajstić information content (AvgIpc) is 2.49. The summed E-state index contributed by atoms with van der Waals surface area (Å²) < 4.78 is 0. The third-order valence-electron chi connectivity index (χ3n) is 4.41. The zero-order valence-corrected chi connectivity index (χ0v) is 12.2. The summed E-state index contributed by atoms with van der Waals surface area (Å²) in [7, 11) is 0. The number of hydrogen-bond acceptors (Lipinski definition) is 3. The van der Waals surface area contributed by atoms with Crippen molar-refractivity contribution in [3.8, 4) is 5.88 Å². The molecule has 0 radical (unpaired) electrons. The van der Waals surface area contributed by atoms with Crippen molar-refractivity contribution in [3.63, 3.8) is 0 Å². The molecule has 2 N–H and O–H groups in total. The van der Waals surface area contributed by atoms with E-state index in [9.17, 15) is 9.90 Å². The predicted octanol–water partition coefficient (Wildman–Crippen LogP) is 3.23. The van der Waals surface area contributed by atoms with Crippen LogP contribution in [-0.4, -0.2) is 22.3 Å². The van der Waals surface area contributed by atoms with Crippen LogP contribution in [0.5, 0.6) is 5.88 Å². The molecule has 1 aromatic carbocycles. The Bertz CT molecular complexity index is 733. The van der Waals surface area contributed by atoms with Crippen LogP contribution in [0.4, 0.5) is 0 Å². The standard InChI is InChI=1S/C17H20N2O2/c1-11-6-2-5-9-15(11)18-10-14-12-7-3-4-8-13(12)16(20)19-17(14)21/h3-4,7-8,10-11,15H,2,5-6,9H2,1H3,(H2,19,20,21)/t11-,15-/m0/s1. The van der Waals surface area contributed by atoms with E-state index in [1.165, 1.54) is 19.3 Å². The fourth-order valence-corrected chi connectivity index (χ4v) is 3.10. The Kier molecular flexibility index (Phi) is 3.78. The number of aliphatic imine (C=N–C) groups is 1. The minimum atomic E-state index is -0.272. The first kappa shape index (κ1) is 13.9. The summed E-state index contributed by atoms with van der Waals surface area (Å²) in [5.74, 6) is 0.470. The number of hydrogen-bond donors (Lipinski definition) is 2. The SMILES string of the molecule is C[C@H]1CCCC[C@@H]1N=Cc1c(O)[nH]c(=O)c2ccccc12. The highest BCUT2D eigenvalue weighted by Gasteiger charge is 2.20. The lowest BCUT2D eigenvalue weighted by atomic mass is 9.86. The molecular weight excluding hydrogens is 264 g/mol. The van der Waals surface area contributed by atoms with Crippen LogP contribution in [0.15, 0.2) is 34.1 Å². The lowest BCUT2D eigenvalue weighted by molar-refractivity contribution is 0.333. The topological polar surface area (TPSA) is 65.5 Å². The third kappa shape index (κ3) is 2.71. The molecule has 110 valence electrons. The molecule has 1 heterocycles. The summed E-state index contributed by atoms with van der Waals surface area (Å²) in [6.07, 6.45) is 6.52. The van der Waals surface area contributed by atoms with Crippen LogP contribution in [0, 0.1) is 5.92 Å². The van der Waals surface area contributed by atoms with Crippen molar-refractivity contribution in [1.29, 1.82) is 0 Å². The van der Waals surface area contributed by atoms with Crippen LogP contribution in [0.3, 0.4) is 0 Å². The van der Waals surface area contributed by atoms with Gasteiger partial charge in [-0.15, -0.1) is 0 Å². The second-order valence-corrected chi connectivity index (χ2v) is 5.87. The maximum absolute atomic E-state index is 11.8. The summed E-state index contributed by atoms with van der Waals surface area (Å²) in [6, 6.07) is 7.59. The monoisotopic (exact) mass is 284 g/mol. The molecule has 0 spiro atoms. The highest BCUT2D eigenvalue weighted by atomic mass is 16.3. The number of benzene rings is 1. The van der Waals surface area contributed by atoms with E-state index < -0.39 is 0 Å². The van der Waals surface area contributed by atoms with Gasteiger partial charge in [0.2, 0.25) is 5.88 Å². The van der Waals surface area contributed by atoms with Gasteiger partial charge in [0.05, 0.1) is 11.6 Å². The average molecular weight is 284 g/mol. The molecule has 0 aliphatic heterocycles. The highest BCUT2D eigenvalue weighted by Crippen LogP contribution is 2.27. The second-order valence-electron chi connectivity index (χ2n) is 5.87. The van der Waals surface area contributed by atoms with Crippen molar-refractivity contribution < 1.29 is 5.11 Å². The van der Waals surface area contributed by atoms with Crippen LogP contribution >= 0.6 is 0 Å². The molecule has 1 aliphatic carbocycles. The third-order valence-corrected chi connectivity index (χ3v) is 4.41. The van der Waals surface area contributed by atoms with E-state index in [0.29, 0.717) is 22.9 Å². The van der Waals surface area contributed by atoms with E-state index in [1.54, 1.807) is 12.3 Å². The Hall–Kier alpha value is -2.10. The second kappa shape index (κ2) is 5.72. The quantitative estimate of drug-likeness (QED) is 0.831. The van der Waals surface area contributed by atoms with Gasteiger partial charge in [-0.1, -0.05) is 38.0 Å². The van der Waals surface area contributed by atoms with Gasteiger partial charge in [0.25, 0.3) is 5.56 Å². The van der Waals surface area contributed by atoms with E-state index >= 15 is 0 Å². The number of rotatable bonds is 2. The minimum Gasteiger partial charge on any atom is -0.494 e. The lowest BCUT2D eigenvalue weighted by Gasteiger charge is -2.25. The maximum atomic E-state index is 11.8. The number of H-pyrrole nitrogens is 1. The fraction of sp³-hybridized carbons (Fsp3) is 0.412. The smallest absolute Gasteiger partial charge is 0.258 e. The van der Waals surface area contributed by atoms with E-state index in [1.807, 2.05) is 18.2 Å². The lowest BCUT2D eigenvalue weighted by Crippen LogP contribution is -2.20. The van der Waals surface area contributed by atoms with Crippen LogP contribution in [0.2, 0.25) is 0 Å². The summed E-state index contributed by atoms with van der Waals surface area (Å²) in [6.45, 7) is 2.23. The minimum absolute atomic E-state index is 0.106. The van der Waals surface area contributed by atoms with Gasteiger partial charge < -0.3 is 5.11 Å². The molecule has 0 amide bonds. The van der Waals surface area contributed by atoms with Gasteiger partial charge in [-0.25, -0.2) is 0 Å². The molecule has 4 heteroatoms. The summed E-state index contributed by atoms with van der Waals surface area (Å²) >= 11 is 0. The van der Waals surface area contributed by atoms with Gasteiger partial charge >= 0.3 is 0 Å². The fourth-order valence-electron chi connectivity index (χ4n) is 3.10. The summed E-state index contributed by atoms with van der Waals surface area (Å²) in [5.41, 5.74) is 0.328. The maximum Gasteiger partial charge on any atom is 0.258 e. The molecule has 3 rings (SSSR count). The molecule has 1 fully saturated rings. The van der Waals surface area contributed by atoms with E-state index in [4.69, 9.17) is 0 Å². The van der Waals surface area contributed by atoms with Crippen LogP contribution < -0.4 is 5.56 Å². The van der Waals surface area contributed by atoms with Crippen molar-refractivity contribution >= 4 is 17.0 Å². The summed E-state index contributed by atoms with van der Waals surface area (Å²) in [5, 5.41) is 11.4. The molecule has 0 bridgehead atoms. The van der Waals surface area contributed by atoms with Crippen molar-refractivity contribution in [3.05, 3.63) is 40.2 Å². The Morgan fingerprint density at radius 3 is 2.71 bits per heavy atom. The number of nitrogens with zero attached hydrogens (tertiary/aromatic N) is 1. The van der Waals surface area contributed by atoms with Crippen LogP contribution in [0.1, 0.15) is 38.2 Å². The van der Waals surface area contributed by atoms with Crippen LogP contribution in [0.25, 0.3) is 10.8 Å². The zero-order valence-electron chi connectivity index (χ0n) is 12.2. The van der Waals surface area contributed by atoms with Gasteiger partial charge in [0, 0.05) is 17.0 Å². The van der Waals surface area contributed by atoms with E-state index in [2.05, 4.69) is 16.9 Å². The van der Waals surface area contributed by atoms with Gasteiger partial charge in [0.1, 0.15) is 0 Å². The van der Waals surface area contributed by atoms with Crippen molar-refractivity contribution in [2.24, 2.45) is 10.9 Å². The molecule has 2 aromatic rings. The first-order valence-electron chi connectivity index (χ1n) is 7.54. The van der Waals surface area contributed by atoms with E-state index in [0.717, 1.165) is 11.8 Å². The normalized spacial score (nSPS) is 22.9. The van der Waals surface area contributed by atoms with Gasteiger partial charge in [-0.2, -0.15) is 0 Å². The highest BCUT2D eigenvalue weighted by molar-refractivity contribution is 6.01. The van der Waals surface area contributed by atoms with Crippen molar-refractivity contribution in [2.75, 3.05) is 0 Å². The number of aromatic amines is 1. The molecule has 2 atom stereocenters. The number of fused-ring (bicyclic) bond motifs is 1. The molecule has 21 heavy (non-hydrogen) atoms. The first-order valence-corrected chi connectivity index (χ1v) is 7.54. The van der Waals surface area contributed by atoms with Gasteiger partial charge in [-0.3, -0.25) is 14.8 Å². The largest absolute Gasteiger partial charge is 0.494 e. The number of pyridine rings is 1. The van der Waals surface area contributed by atoms with Crippen molar-refractivity contribution in [2.45, 2.75) is 38.6 Å². The Morgan fingerprint density at radius 1 is 1.24 bits per heavy atom. The zero-order chi connectivity index (χ0) is 14.8. The van der Waals surface area contributed by atoms with Gasteiger partial charge in [-0.05, 0) is 24.8 Å². The van der Waals surface area contributed by atoms with Gasteiger partial charge in [0.15, 0.2) is 0 Å². The first-order chi connectivity index (χ1) is 10.2. The Morgan fingerprint density at radius 2 is 1.95 bits per heavy atom. The molecule has 0 saturated heterocycles. The number of aromatic hydroxyl groups is 1. The summed E-state index contributed by atoms with van der Waals surface area (Å²) in [4.78, 5) is 19.0. The molecule has 1 saturated carbocycles. The van der Waals surface area contributed by atoms with E-state index in [-0.39, 0.29) is 11.4 Å². The molecular formula is C17H20N2O2. The van der Waals surface area contributed by atoms with Crippen molar-refractivity contribution in [1.82, 2.24) is 4.98 Å². The Labute approximate surface area is 123 Å². The molecule has 1 aromatic heterocycles. The van der Waals surface area contributed by atoms with Crippen LogP contribution in [-0.2, 0) is 0 Å². The number of nitrogens with one attached hydrogen (secondary N) is 1. The molecule has 1 aliphatic rings. The Balaban J connectivity index is 2.02. The molecule has 4 nitrogen and oxygen atoms in total. The molecule has 0 unspecified atom stereocenters. The number of aromatic nitrogens is 1. The predicted molar refractivity (Wildman–Crippen MR) is 85.2 cm³/mol.